The first-order valence-corrected chi connectivity index (χ1v) is 8.59. The van der Waals surface area contributed by atoms with Gasteiger partial charge in [-0.2, -0.15) is 0 Å². The summed E-state index contributed by atoms with van der Waals surface area (Å²) in [5, 5.41) is 0.158. The van der Waals surface area contributed by atoms with Gasteiger partial charge in [-0.25, -0.2) is 0 Å². The standard InChI is InChI=1S/C12H27ClO2Si/c1-5-8-12(11(4)13)16(14-9-6-2)15-10-7-3/h11-12,16H,5-10H2,1-4H3. The number of alkyl halides is 1. The molecule has 0 spiro atoms. The highest BCUT2D eigenvalue weighted by Gasteiger charge is 2.29. The minimum absolute atomic E-state index is 0.158. The fourth-order valence-corrected chi connectivity index (χ4v) is 4.73. The summed E-state index contributed by atoms with van der Waals surface area (Å²) >= 11 is 6.25. The van der Waals surface area contributed by atoms with Crippen LogP contribution in [0.3, 0.4) is 0 Å². The van der Waals surface area contributed by atoms with Gasteiger partial charge in [-0.15, -0.1) is 11.6 Å². The highest BCUT2D eigenvalue weighted by molar-refractivity contribution is 6.48. The summed E-state index contributed by atoms with van der Waals surface area (Å²) in [6, 6.07) is 0. The van der Waals surface area contributed by atoms with Gasteiger partial charge in [0.15, 0.2) is 0 Å². The Labute approximate surface area is 108 Å². The summed E-state index contributed by atoms with van der Waals surface area (Å²) in [5.74, 6) is 0. The van der Waals surface area contributed by atoms with E-state index in [1.54, 1.807) is 0 Å². The van der Waals surface area contributed by atoms with Crippen LogP contribution in [0.4, 0.5) is 0 Å². The van der Waals surface area contributed by atoms with Gasteiger partial charge in [-0.1, -0.05) is 27.2 Å². The first-order chi connectivity index (χ1) is 7.67. The van der Waals surface area contributed by atoms with E-state index in [9.17, 15) is 0 Å². The summed E-state index contributed by atoms with van der Waals surface area (Å²) in [5.41, 5.74) is 0.435. The van der Waals surface area contributed by atoms with E-state index >= 15 is 0 Å². The maximum atomic E-state index is 6.25. The Hall–Kier alpha value is 0.427. The third-order valence-electron chi connectivity index (χ3n) is 2.53. The lowest BCUT2D eigenvalue weighted by molar-refractivity contribution is 0.185. The molecule has 2 nitrogen and oxygen atoms in total. The van der Waals surface area contributed by atoms with Crippen molar-refractivity contribution in [1.82, 2.24) is 0 Å². The quantitative estimate of drug-likeness (QED) is 0.442. The van der Waals surface area contributed by atoms with Crippen LogP contribution < -0.4 is 0 Å². The van der Waals surface area contributed by atoms with Crippen LogP contribution in [-0.2, 0) is 8.85 Å². The molecule has 0 amide bonds. The molecule has 0 saturated heterocycles. The topological polar surface area (TPSA) is 18.5 Å². The summed E-state index contributed by atoms with van der Waals surface area (Å²) in [7, 11) is -1.59. The van der Waals surface area contributed by atoms with Gasteiger partial charge in [0.05, 0.1) is 0 Å². The fourth-order valence-electron chi connectivity index (χ4n) is 1.68. The molecule has 0 aliphatic heterocycles. The van der Waals surface area contributed by atoms with Crippen LogP contribution in [0.2, 0.25) is 5.54 Å². The predicted octanol–water partition coefficient (Wildman–Crippen LogP) is 3.86. The zero-order chi connectivity index (χ0) is 12.4. The van der Waals surface area contributed by atoms with Gasteiger partial charge >= 0.3 is 9.28 Å². The van der Waals surface area contributed by atoms with Gasteiger partial charge in [-0.3, -0.25) is 0 Å². The fraction of sp³-hybridized carbons (Fsp3) is 1.00. The molecule has 2 unspecified atom stereocenters. The molecule has 0 rings (SSSR count). The van der Waals surface area contributed by atoms with Gasteiger partial charge in [-0.05, 0) is 26.2 Å². The number of halogens is 1. The Morgan fingerprint density at radius 2 is 1.50 bits per heavy atom. The van der Waals surface area contributed by atoms with Crippen LogP contribution in [0.1, 0.15) is 53.4 Å². The molecule has 0 bridgehead atoms. The van der Waals surface area contributed by atoms with Gasteiger partial charge in [0, 0.05) is 24.1 Å². The molecular weight excluding hydrogens is 240 g/mol. The van der Waals surface area contributed by atoms with Gasteiger partial charge in [0.25, 0.3) is 0 Å². The minimum Gasteiger partial charge on any atom is -0.396 e. The molecule has 98 valence electrons. The smallest absolute Gasteiger partial charge is 0.326 e. The molecule has 0 fully saturated rings. The highest BCUT2D eigenvalue weighted by atomic mass is 35.5. The lowest BCUT2D eigenvalue weighted by atomic mass is 10.2. The molecule has 0 aromatic heterocycles. The maximum absolute atomic E-state index is 6.25. The molecule has 0 N–H and O–H groups in total. The Morgan fingerprint density at radius 1 is 1.00 bits per heavy atom. The largest absolute Gasteiger partial charge is 0.396 e. The molecule has 0 aromatic carbocycles. The van der Waals surface area contributed by atoms with Crippen molar-refractivity contribution in [2.45, 2.75) is 64.3 Å². The van der Waals surface area contributed by atoms with Crippen molar-refractivity contribution in [3.8, 4) is 0 Å². The molecule has 0 radical (unpaired) electrons. The van der Waals surface area contributed by atoms with E-state index in [-0.39, 0.29) is 5.38 Å². The molecule has 0 saturated carbocycles. The molecule has 4 heteroatoms. The monoisotopic (exact) mass is 266 g/mol. The Morgan fingerprint density at radius 3 is 1.81 bits per heavy atom. The second-order valence-corrected chi connectivity index (χ2v) is 7.19. The molecule has 0 aliphatic carbocycles. The zero-order valence-corrected chi connectivity index (χ0v) is 13.1. The lowest BCUT2D eigenvalue weighted by Crippen LogP contribution is -2.33. The van der Waals surface area contributed by atoms with Crippen molar-refractivity contribution in [2.24, 2.45) is 0 Å². The first-order valence-electron chi connectivity index (χ1n) is 6.54. The third-order valence-corrected chi connectivity index (χ3v) is 5.84. The first kappa shape index (κ1) is 16.4. The van der Waals surface area contributed by atoms with Gasteiger partial charge < -0.3 is 8.85 Å². The SMILES string of the molecule is CCCO[SiH](OCCC)C(CCC)C(C)Cl. The summed E-state index contributed by atoms with van der Waals surface area (Å²) < 4.78 is 11.8. The van der Waals surface area contributed by atoms with E-state index in [0.717, 1.165) is 38.9 Å². The van der Waals surface area contributed by atoms with E-state index in [1.807, 2.05) is 0 Å². The van der Waals surface area contributed by atoms with Crippen LogP contribution >= 0.6 is 11.6 Å². The van der Waals surface area contributed by atoms with E-state index in [4.69, 9.17) is 20.5 Å². The number of hydrogen-bond donors (Lipinski definition) is 0. The third kappa shape index (κ3) is 6.89. The minimum atomic E-state index is -1.59. The average Bonchev–Trinajstić information content (AvgIpc) is 2.26. The van der Waals surface area contributed by atoms with Gasteiger partial charge in [0.2, 0.25) is 0 Å². The average molecular weight is 267 g/mol. The Bertz CT molecular complexity index is 148. The van der Waals surface area contributed by atoms with Crippen molar-refractivity contribution >= 4 is 20.9 Å². The Kier molecular flexibility index (Phi) is 10.9. The highest BCUT2D eigenvalue weighted by Crippen LogP contribution is 2.27. The van der Waals surface area contributed by atoms with E-state index in [2.05, 4.69) is 27.7 Å². The number of rotatable bonds is 10. The maximum Gasteiger partial charge on any atom is 0.326 e. The van der Waals surface area contributed by atoms with Crippen molar-refractivity contribution in [1.29, 1.82) is 0 Å². The van der Waals surface area contributed by atoms with Crippen molar-refractivity contribution in [3.05, 3.63) is 0 Å². The molecule has 0 heterocycles. The van der Waals surface area contributed by atoms with E-state index in [1.165, 1.54) is 0 Å². The molecule has 16 heavy (non-hydrogen) atoms. The second kappa shape index (κ2) is 10.6. The number of hydrogen-bond acceptors (Lipinski definition) is 2. The Balaban J connectivity index is 4.27. The van der Waals surface area contributed by atoms with Crippen LogP contribution in [0.5, 0.6) is 0 Å². The van der Waals surface area contributed by atoms with Crippen LogP contribution in [0, 0.1) is 0 Å². The van der Waals surface area contributed by atoms with Crippen molar-refractivity contribution in [3.63, 3.8) is 0 Å². The van der Waals surface area contributed by atoms with E-state index < -0.39 is 9.28 Å². The molecule has 0 aliphatic rings. The van der Waals surface area contributed by atoms with Crippen LogP contribution in [-0.4, -0.2) is 27.9 Å². The zero-order valence-electron chi connectivity index (χ0n) is 11.2. The molecule has 2 atom stereocenters. The predicted molar refractivity (Wildman–Crippen MR) is 73.6 cm³/mol. The summed E-state index contributed by atoms with van der Waals surface area (Å²) in [6.07, 6.45) is 4.37. The second-order valence-electron chi connectivity index (χ2n) is 4.24. The van der Waals surface area contributed by atoms with E-state index in [0.29, 0.717) is 5.54 Å². The van der Waals surface area contributed by atoms with Crippen LogP contribution in [0.25, 0.3) is 0 Å². The normalized spacial score (nSPS) is 15.4. The molecular formula is C12H27ClO2Si. The van der Waals surface area contributed by atoms with Crippen molar-refractivity contribution < 1.29 is 8.85 Å². The molecule has 0 aromatic rings. The van der Waals surface area contributed by atoms with Crippen LogP contribution in [0.15, 0.2) is 0 Å². The summed E-state index contributed by atoms with van der Waals surface area (Å²) in [4.78, 5) is 0. The van der Waals surface area contributed by atoms with Gasteiger partial charge in [0.1, 0.15) is 0 Å². The lowest BCUT2D eigenvalue weighted by Gasteiger charge is -2.27. The summed E-state index contributed by atoms with van der Waals surface area (Å²) in [6.45, 7) is 10.1. The van der Waals surface area contributed by atoms with Crippen molar-refractivity contribution in [2.75, 3.05) is 13.2 Å².